The Balaban J connectivity index is 1.49. The van der Waals surface area contributed by atoms with Gasteiger partial charge in [0.1, 0.15) is 11.9 Å². The zero-order valence-electron chi connectivity index (χ0n) is 16.8. The number of amides is 2. The third-order valence-corrected chi connectivity index (χ3v) is 6.24. The Morgan fingerprint density at radius 2 is 2.00 bits per heavy atom. The fourth-order valence-corrected chi connectivity index (χ4v) is 4.48. The van der Waals surface area contributed by atoms with E-state index in [1.807, 2.05) is 0 Å². The second kappa shape index (κ2) is 7.98. The van der Waals surface area contributed by atoms with Crippen molar-refractivity contribution in [3.63, 3.8) is 0 Å². The second-order valence-electron chi connectivity index (χ2n) is 8.15. The molecule has 2 amide bonds. The number of carbonyl (C=O) groups excluding carboxylic acids is 1. The molecular weight excluding hydrogens is 441 g/mol. The highest BCUT2D eigenvalue weighted by atomic mass is 35.5. The number of urea groups is 1. The van der Waals surface area contributed by atoms with Gasteiger partial charge in [-0.1, -0.05) is 23.2 Å². The molecule has 2 aromatic rings. The number of halogens is 2. The lowest BCUT2D eigenvalue weighted by Crippen LogP contribution is -2.55. The molecule has 0 bridgehead atoms. The molecule has 0 atom stereocenters. The fourth-order valence-electron chi connectivity index (χ4n) is 3.92. The topological polar surface area (TPSA) is 123 Å². The maximum absolute atomic E-state index is 12.6. The van der Waals surface area contributed by atoms with Crippen LogP contribution in [-0.2, 0) is 13.1 Å². The van der Waals surface area contributed by atoms with Crippen molar-refractivity contribution in [1.29, 1.82) is 0 Å². The molecule has 1 aromatic heterocycles. The van der Waals surface area contributed by atoms with Crippen molar-refractivity contribution in [1.82, 2.24) is 25.1 Å². The average Bonchev–Trinajstić information content (AvgIpc) is 3.38. The monoisotopic (exact) mass is 463 g/mol. The van der Waals surface area contributed by atoms with E-state index in [0.29, 0.717) is 52.5 Å². The lowest BCUT2D eigenvalue weighted by molar-refractivity contribution is 0.0222. The van der Waals surface area contributed by atoms with Crippen molar-refractivity contribution in [2.45, 2.75) is 38.1 Å². The van der Waals surface area contributed by atoms with Crippen molar-refractivity contribution in [3.8, 4) is 17.0 Å². The number of hydrogen-bond acceptors (Lipinski definition) is 7. The van der Waals surface area contributed by atoms with E-state index in [4.69, 9.17) is 39.4 Å². The van der Waals surface area contributed by atoms with Crippen LogP contribution in [0.4, 0.5) is 10.7 Å². The first-order valence-electron chi connectivity index (χ1n) is 10.2. The number of benzene rings is 1. The van der Waals surface area contributed by atoms with Crippen LogP contribution >= 0.6 is 23.2 Å². The number of likely N-dealkylation sites (tertiary alicyclic amines) is 1. The number of nitrogens with zero attached hydrogens (tertiary/aromatic N) is 4. The molecule has 0 unspecified atom stereocenters. The van der Waals surface area contributed by atoms with Gasteiger partial charge in [-0.15, -0.1) is 0 Å². The standard InChI is InChI=1S/C20H23Cl2N7O2/c21-10-3-14(22)17(16(4-10)31-12-5-28(6-12)9-23)18-13-7-29(20(30)25-11-1-2-11)8-15(13)26-19(24)27-18/h3-4,11-12H,1-2,5-9,23H2,(H,25,30)(H2,24,26,27). The summed E-state index contributed by atoms with van der Waals surface area (Å²) in [6.07, 6.45) is 2.02. The van der Waals surface area contributed by atoms with Crippen LogP contribution in [0, 0.1) is 0 Å². The van der Waals surface area contributed by atoms with E-state index in [9.17, 15) is 4.79 Å². The van der Waals surface area contributed by atoms with Crippen LogP contribution in [0.15, 0.2) is 12.1 Å². The largest absolute Gasteiger partial charge is 0.487 e. The Morgan fingerprint density at radius 1 is 1.23 bits per heavy atom. The van der Waals surface area contributed by atoms with Gasteiger partial charge in [0.05, 0.1) is 35.1 Å². The minimum atomic E-state index is -0.111. The lowest BCUT2D eigenvalue weighted by Gasteiger charge is -2.38. The molecule has 1 aromatic carbocycles. The van der Waals surface area contributed by atoms with Crippen molar-refractivity contribution < 1.29 is 9.53 Å². The van der Waals surface area contributed by atoms with Gasteiger partial charge in [-0.2, -0.15) is 0 Å². The smallest absolute Gasteiger partial charge is 0.318 e. The molecule has 3 aliphatic rings. The Kier molecular flexibility index (Phi) is 5.29. The van der Waals surface area contributed by atoms with Crippen molar-refractivity contribution in [3.05, 3.63) is 33.4 Å². The van der Waals surface area contributed by atoms with E-state index in [0.717, 1.165) is 31.5 Å². The van der Waals surface area contributed by atoms with Crippen LogP contribution in [0.3, 0.4) is 0 Å². The Bertz CT molecular complexity index is 1040. The van der Waals surface area contributed by atoms with Crippen LogP contribution in [0.1, 0.15) is 24.1 Å². The number of rotatable bonds is 5. The van der Waals surface area contributed by atoms with Crippen LogP contribution in [-0.4, -0.2) is 57.7 Å². The molecule has 31 heavy (non-hydrogen) atoms. The Hall–Kier alpha value is -2.33. The van der Waals surface area contributed by atoms with Gasteiger partial charge in [0.25, 0.3) is 0 Å². The van der Waals surface area contributed by atoms with E-state index in [2.05, 4.69) is 20.2 Å². The predicted octanol–water partition coefficient (Wildman–Crippen LogP) is 2.20. The summed E-state index contributed by atoms with van der Waals surface area (Å²) in [6, 6.07) is 3.54. The number of nitrogens with two attached hydrogens (primary N) is 2. The summed E-state index contributed by atoms with van der Waals surface area (Å²) >= 11 is 12.9. The van der Waals surface area contributed by atoms with Crippen molar-refractivity contribution in [2.75, 3.05) is 25.5 Å². The highest BCUT2D eigenvalue weighted by molar-refractivity contribution is 6.37. The van der Waals surface area contributed by atoms with Gasteiger partial charge in [-0.05, 0) is 25.0 Å². The van der Waals surface area contributed by atoms with E-state index >= 15 is 0 Å². The summed E-state index contributed by atoms with van der Waals surface area (Å²) in [4.78, 5) is 25.2. The third kappa shape index (κ3) is 4.10. The summed E-state index contributed by atoms with van der Waals surface area (Å²) in [5.74, 6) is 0.647. The molecule has 1 saturated carbocycles. The number of fused-ring (bicyclic) bond motifs is 1. The lowest BCUT2D eigenvalue weighted by atomic mass is 10.0. The summed E-state index contributed by atoms with van der Waals surface area (Å²) in [7, 11) is 0. The summed E-state index contributed by atoms with van der Waals surface area (Å²) in [5.41, 5.74) is 14.4. The average molecular weight is 464 g/mol. The third-order valence-electron chi connectivity index (χ3n) is 5.72. The first-order valence-corrected chi connectivity index (χ1v) is 11.0. The van der Waals surface area contributed by atoms with Gasteiger partial charge < -0.3 is 26.4 Å². The molecule has 1 saturated heterocycles. The number of nitrogen functional groups attached to an aromatic ring is 1. The number of hydrogen-bond donors (Lipinski definition) is 3. The van der Waals surface area contributed by atoms with Crippen LogP contribution in [0.2, 0.25) is 10.0 Å². The molecule has 2 aliphatic heterocycles. The summed E-state index contributed by atoms with van der Waals surface area (Å²) in [6.45, 7) is 2.66. The first-order chi connectivity index (χ1) is 14.9. The van der Waals surface area contributed by atoms with Gasteiger partial charge in [0, 0.05) is 36.4 Å². The molecule has 0 radical (unpaired) electrons. The highest BCUT2D eigenvalue weighted by Crippen LogP contribution is 2.43. The number of aromatic nitrogens is 2. The van der Waals surface area contributed by atoms with Gasteiger partial charge in [-0.25, -0.2) is 14.8 Å². The maximum atomic E-state index is 12.6. The first kappa shape index (κ1) is 20.6. The van der Waals surface area contributed by atoms with E-state index in [1.165, 1.54) is 0 Å². The number of carbonyl (C=O) groups is 1. The Labute approximate surface area is 189 Å². The molecule has 2 fully saturated rings. The van der Waals surface area contributed by atoms with Crippen LogP contribution < -0.4 is 21.5 Å². The van der Waals surface area contributed by atoms with Gasteiger partial charge in [0.15, 0.2) is 0 Å². The van der Waals surface area contributed by atoms with Crippen LogP contribution in [0.5, 0.6) is 5.75 Å². The molecular formula is C20H23Cl2N7O2. The minimum absolute atomic E-state index is 0.0233. The zero-order chi connectivity index (χ0) is 21.7. The molecule has 1 aliphatic carbocycles. The Morgan fingerprint density at radius 3 is 2.71 bits per heavy atom. The highest BCUT2D eigenvalue weighted by Gasteiger charge is 2.34. The van der Waals surface area contributed by atoms with E-state index in [-0.39, 0.29) is 24.1 Å². The summed E-state index contributed by atoms with van der Waals surface area (Å²) < 4.78 is 6.20. The molecule has 9 nitrogen and oxygen atoms in total. The number of anilines is 1. The second-order valence-corrected chi connectivity index (χ2v) is 9.00. The molecule has 5 N–H and O–H groups in total. The number of ether oxygens (including phenoxy) is 1. The van der Waals surface area contributed by atoms with Crippen molar-refractivity contribution in [2.24, 2.45) is 5.73 Å². The summed E-state index contributed by atoms with van der Waals surface area (Å²) in [5, 5.41) is 3.87. The predicted molar refractivity (Wildman–Crippen MR) is 118 cm³/mol. The SMILES string of the molecule is NCN1CC(Oc2cc(Cl)cc(Cl)c2-c2nc(N)nc3c2CN(C(=O)NC2CC2)C3)C1. The zero-order valence-corrected chi connectivity index (χ0v) is 18.3. The molecule has 0 spiro atoms. The van der Waals surface area contributed by atoms with Gasteiger partial charge in [-0.3, -0.25) is 4.90 Å². The maximum Gasteiger partial charge on any atom is 0.318 e. The molecule has 3 heterocycles. The van der Waals surface area contributed by atoms with Crippen LogP contribution in [0.25, 0.3) is 11.3 Å². The number of nitrogens with one attached hydrogen (secondary N) is 1. The molecule has 5 rings (SSSR count). The van der Waals surface area contributed by atoms with Gasteiger partial charge in [0.2, 0.25) is 5.95 Å². The van der Waals surface area contributed by atoms with E-state index < -0.39 is 0 Å². The van der Waals surface area contributed by atoms with E-state index in [1.54, 1.807) is 17.0 Å². The molecule has 11 heteroatoms. The molecule has 164 valence electrons. The minimum Gasteiger partial charge on any atom is -0.487 e. The van der Waals surface area contributed by atoms with Gasteiger partial charge >= 0.3 is 6.03 Å². The normalized spacial score (nSPS) is 18.6. The fraction of sp³-hybridized carbons (Fsp3) is 0.450. The quantitative estimate of drug-likeness (QED) is 0.620. The van der Waals surface area contributed by atoms with Crippen molar-refractivity contribution >= 4 is 35.2 Å².